The van der Waals surface area contributed by atoms with Crippen molar-refractivity contribution in [3.63, 3.8) is 0 Å². The maximum absolute atomic E-state index is 10.1. The fraction of sp³-hybridized carbons (Fsp3) is 0.647. The highest BCUT2D eigenvalue weighted by Gasteiger charge is 2.54. The molecule has 1 aromatic rings. The number of methoxy groups -OCH3 is 1. The summed E-state index contributed by atoms with van der Waals surface area (Å²) < 4.78 is 11.8. The Hall–Kier alpha value is -1.26. The van der Waals surface area contributed by atoms with Crippen LogP contribution in [-0.4, -0.2) is 42.9 Å². The van der Waals surface area contributed by atoms with Crippen LogP contribution < -0.4 is 9.47 Å². The highest BCUT2D eigenvalue weighted by atomic mass is 16.5. The van der Waals surface area contributed by atoms with Crippen LogP contribution in [0.25, 0.3) is 0 Å². The third-order valence-electron chi connectivity index (χ3n) is 5.59. The fourth-order valence-corrected chi connectivity index (χ4v) is 4.50. The second kappa shape index (κ2) is 4.62. The molecule has 4 rings (SSSR count). The van der Waals surface area contributed by atoms with Gasteiger partial charge in [-0.2, -0.15) is 0 Å². The molecular weight excluding hydrogens is 266 g/mol. The van der Waals surface area contributed by atoms with E-state index in [0.717, 1.165) is 50.3 Å². The molecule has 1 N–H and O–H groups in total. The monoisotopic (exact) mass is 289 g/mol. The summed E-state index contributed by atoms with van der Waals surface area (Å²) >= 11 is 0. The minimum Gasteiger partial charge on any atom is -0.493 e. The summed E-state index contributed by atoms with van der Waals surface area (Å²) in [7, 11) is 3.88. The summed E-state index contributed by atoms with van der Waals surface area (Å²) in [6.45, 7) is 2.04. The van der Waals surface area contributed by atoms with Gasteiger partial charge in [-0.1, -0.05) is 6.07 Å². The molecule has 1 unspecified atom stereocenters. The van der Waals surface area contributed by atoms with Crippen molar-refractivity contribution < 1.29 is 14.6 Å². The minimum absolute atomic E-state index is 0.0726. The van der Waals surface area contributed by atoms with Gasteiger partial charge in [0.05, 0.1) is 13.2 Å². The van der Waals surface area contributed by atoms with E-state index in [1.54, 1.807) is 7.11 Å². The first-order valence-electron chi connectivity index (χ1n) is 7.87. The van der Waals surface area contributed by atoms with Gasteiger partial charge in [0, 0.05) is 23.9 Å². The van der Waals surface area contributed by atoms with E-state index in [0.29, 0.717) is 0 Å². The van der Waals surface area contributed by atoms with Crippen LogP contribution in [0.1, 0.15) is 36.8 Å². The van der Waals surface area contributed by atoms with E-state index in [1.807, 2.05) is 6.07 Å². The molecule has 3 aliphatic rings. The summed E-state index contributed by atoms with van der Waals surface area (Å²) in [6.07, 6.45) is 3.59. The number of benzene rings is 1. The van der Waals surface area contributed by atoms with Crippen molar-refractivity contribution in [2.75, 3.05) is 20.7 Å². The fourth-order valence-electron chi connectivity index (χ4n) is 4.50. The molecule has 4 nitrogen and oxygen atoms in total. The molecule has 4 heteroatoms. The van der Waals surface area contributed by atoms with Gasteiger partial charge < -0.3 is 19.5 Å². The Morgan fingerprint density at radius 1 is 1.38 bits per heavy atom. The standard InChI is InChI=1S/C17H23NO3/c1-18-8-7-17-6-5-12(19)9-14(17)21-16-13(20-2)4-3-11(10-18)15(16)17/h3-4,12,14,19H,5-10H2,1-2H3/t12-,14-,17?/m0/s1. The second-order valence-electron chi connectivity index (χ2n) is 6.81. The van der Waals surface area contributed by atoms with Crippen LogP contribution in [0.15, 0.2) is 12.1 Å². The average Bonchev–Trinajstić information content (AvgIpc) is 2.72. The largest absolute Gasteiger partial charge is 0.493 e. The number of rotatable bonds is 1. The zero-order valence-electron chi connectivity index (χ0n) is 12.8. The van der Waals surface area contributed by atoms with Crippen LogP contribution in [0.2, 0.25) is 0 Å². The quantitative estimate of drug-likeness (QED) is 0.859. The number of hydrogen-bond donors (Lipinski definition) is 1. The molecule has 0 aromatic heterocycles. The second-order valence-corrected chi connectivity index (χ2v) is 6.81. The first-order valence-corrected chi connectivity index (χ1v) is 7.87. The predicted octanol–water partition coefficient (Wildman–Crippen LogP) is 2.07. The van der Waals surface area contributed by atoms with Gasteiger partial charge >= 0.3 is 0 Å². The Labute approximate surface area is 125 Å². The Balaban J connectivity index is 1.90. The van der Waals surface area contributed by atoms with E-state index in [2.05, 4.69) is 18.0 Å². The molecule has 1 fully saturated rings. The molecule has 1 spiro atoms. The number of aliphatic hydroxyl groups is 1. The van der Waals surface area contributed by atoms with E-state index in [9.17, 15) is 5.11 Å². The molecule has 2 aliphatic heterocycles. The molecule has 1 aliphatic carbocycles. The molecule has 114 valence electrons. The van der Waals surface area contributed by atoms with Gasteiger partial charge in [0.2, 0.25) is 0 Å². The molecule has 1 saturated carbocycles. The lowest BCUT2D eigenvalue weighted by molar-refractivity contribution is 0.0120. The summed E-state index contributed by atoms with van der Waals surface area (Å²) in [6, 6.07) is 4.22. The normalized spacial score (nSPS) is 34.6. The van der Waals surface area contributed by atoms with Crippen molar-refractivity contribution in [1.29, 1.82) is 0 Å². The molecule has 0 bridgehead atoms. The zero-order valence-corrected chi connectivity index (χ0v) is 12.8. The van der Waals surface area contributed by atoms with Crippen LogP contribution in [0, 0.1) is 0 Å². The van der Waals surface area contributed by atoms with Crippen molar-refractivity contribution in [2.24, 2.45) is 0 Å². The van der Waals surface area contributed by atoms with Gasteiger partial charge in [0.25, 0.3) is 0 Å². The molecule has 1 aromatic carbocycles. The molecule has 0 saturated heterocycles. The Bertz CT molecular complexity index is 573. The van der Waals surface area contributed by atoms with Crippen molar-refractivity contribution in [3.05, 3.63) is 23.3 Å². The van der Waals surface area contributed by atoms with Gasteiger partial charge in [0.1, 0.15) is 6.10 Å². The van der Waals surface area contributed by atoms with Crippen LogP contribution in [0.3, 0.4) is 0 Å². The third-order valence-corrected chi connectivity index (χ3v) is 5.59. The van der Waals surface area contributed by atoms with Crippen LogP contribution in [0.5, 0.6) is 11.5 Å². The molecule has 3 atom stereocenters. The molecule has 2 heterocycles. The summed E-state index contributed by atoms with van der Waals surface area (Å²) in [5, 5.41) is 10.1. The van der Waals surface area contributed by atoms with Crippen molar-refractivity contribution in [3.8, 4) is 11.5 Å². The lowest BCUT2D eigenvalue weighted by Crippen LogP contribution is -2.45. The maximum Gasteiger partial charge on any atom is 0.165 e. The number of nitrogens with zero attached hydrogens (tertiary/aromatic N) is 1. The summed E-state index contributed by atoms with van der Waals surface area (Å²) in [4.78, 5) is 2.39. The van der Waals surface area contributed by atoms with E-state index in [4.69, 9.17) is 9.47 Å². The molecule has 0 amide bonds. The number of ether oxygens (including phenoxy) is 2. The first-order chi connectivity index (χ1) is 10.1. The predicted molar refractivity (Wildman–Crippen MR) is 79.9 cm³/mol. The first kappa shape index (κ1) is 13.4. The Kier molecular flexibility index (Phi) is 2.95. The van der Waals surface area contributed by atoms with Crippen molar-refractivity contribution >= 4 is 0 Å². The summed E-state index contributed by atoms with van der Waals surface area (Å²) in [5.41, 5.74) is 2.80. The average molecular weight is 289 g/mol. The number of aliphatic hydroxyl groups excluding tert-OH is 1. The lowest BCUT2D eigenvalue weighted by atomic mass is 9.65. The van der Waals surface area contributed by atoms with Gasteiger partial charge in [-0.05, 0) is 44.5 Å². The maximum atomic E-state index is 10.1. The highest BCUT2D eigenvalue weighted by Crippen LogP contribution is 2.57. The molecular formula is C17H23NO3. The third kappa shape index (κ3) is 1.82. The van der Waals surface area contributed by atoms with Crippen LogP contribution >= 0.6 is 0 Å². The zero-order chi connectivity index (χ0) is 14.6. The summed E-state index contributed by atoms with van der Waals surface area (Å²) in [5.74, 6) is 1.77. The molecule has 0 radical (unpaired) electrons. The van der Waals surface area contributed by atoms with E-state index in [-0.39, 0.29) is 17.6 Å². The van der Waals surface area contributed by atoms with Gasteiger partial charge in [-0.25, -0.2) is 0 Å². The van der Waals surface area contributed by atoms with Gasteiger partial charge in [0.15, 0.2) is 11.5 Å². The topological polar surface area (TPSA) is 41.9 Å². The highest BCUT2D eigenvalue weighted by molar-refractivity contribution is 5.58. The van der Waals surface area contributed by atoms with E-state index < -0.39 is 0 Å². The molecule has 21 heavy (non-hydrogen) atoms. The van der Waals surface area contributed by atoms with Crippen LogP contribution in [0.4, 0.5) is 0 Å². The SMILES string of the molecule is COc1ccc2c3c1O[C@H]1C[C@@H](O)CCC31CCN(C)C2. The number of hydrogen-bond acceptors (Lipinski definition) is 4. The Morgan fingerprint density at radius 2 is 2.24 bits per heavy atom. The van der Waals surface area contributed by atoms with Crippen LogP contribution in [-0.2, 0) is 12.0 Å². The van der Waals surface area contributed by atoms with Gasteiger partial charge in [-0.3, -0.25) is 0 Å². The van der Waals surface area contributed by atoms with Gasteiger partial charge in [-0.15, -0.1) is 0 Å². The van der Waals surface area contributed by atoms with E-state index in [1.165, 1.54) is 11.1 Å². The van der Waals surface area contributed by atoms with E-state index >= 15 is 0 Å². The van der Waals surface area contributed by atoms with Crippen molar-refractivity contribution in [2.45, 2.75) is 49.9 Å². The minimum atomic E-state index is -0.231. The van der Waals surface area contributed by atoms with Crippen molar-refractivity contribution in [1.82, 2.24) is 4.90 Å². The Morgan fingerprint density at radius 3 is 3.05 bits per heavy atom. The lowest BCUT2D eigenvalue weighted by Gasteiger charge is -2.40. The smallest absolute Gasteiger partial charge is 0.165 e.